The SMILES string of the molecule is CCOC(=O)c1c(-c2ccc(-c3ccccc3)cc2)csc1NC(=O)C[NH2+]Cc1ccccc1. The topological polar surface area (TPSA) is 72.0 Å². The Hall–Kier alpha value is -3.74. The van der Waals surface area contributed by atoms with Gasteiger partial charge >= 0.3 is 5.97 Å². The Labute approximate surface area is 203 Å². The van der Waals surface area contributed by atoms with Crippen LogP contribution in [0.15, 0.2) is 90.3 Å². The van der Waals surface area contributed by atoms with Gasteiger partial charge in [-0.2, -0.15) is 0 Å². The average molecular weight is 472 g/mol. The first-order valence-corrected chi connectivity index (χ1v) is 12.1. The third-order valence-electron chi connectivity index (χ3n) is 5.38. The van der Waals surface area contributed by atoms with Crippen LogP contribution >= 0.6 is 11.3 Å². The Morgan fingerprint density at radius 2 is 1.47 bits per heavy atom. The zero-order chi connectivity index (χ0) is 23.8. The highest BCUT2D eigenvalue weighted by Gasteiger charge is 2.23. The summed E-state index contributed by atoms with van der Waals surface area (Å²) in [6, 6.07) is 28.2. The number of thiophene rings is 1. The van der Waals surface area contributed by atoms with Gasteiger partial charge in [0.15, 0.2) is 6.54 Å². The molecule has 0 unspecified atom stereocenters. The fraction of sp³-hybridized carbons (Fsp3) is 0.143. The minimum atomic E-state index is -0.436. The number of nitrogens with one attached hydrogen (secondary N) is 1. The van der Waals surface area contributed by atoms with Crippen LogP contribution in [0.2, 0.25) is 0 Å². The van der Waals surface area contributed by atoms with E-state index in [-0.39, 0.29) is 19.1 Å². The number of hydrogen-bond acceptors (Lipinski definition) is 4. The zero-order valence-corrected chi connectivity index (χ0v) is 19.8. The average Bonchev–Trinajstić information content (AvgIpc) is 3.29. The predicted octanol–water partition coefficient (Wildman–Crippen LogP) is 4.96. The van der Waals surface area contributed by atoms with Gasteiger partial charge in [-0.05, 0) is 23.6 Å². The molecule has 0 atom stereocenters. The van der Waals surface area contributed by atoms with Crippen molar-refractivity contribution in [2.45, 2.75) is 13.5 Å². The van der Waals surface area contributed by atoms with E-state index in [0.717, 1.165) is 27.8 Å². The molecule has 0 fully saturated rings. The van der Waals surface area contributed by atoms with E-state index in [4.69, 9.17) is 4.74 Å². The summed E-state index contributed by atoms with van der Waals surface area (Å²) in [5, 5.41) is 7.26. The molecule has 172 valence electrons. The van der Waals surface area contributed by atoms with Crippen LogP contribution in [0.4, 0.5) is 5.00 Å². The van der Waals surface area contributed by atoms with Crippen molar-refractivity contribution in [3.8, 4) is 22.3 Å². The number of hydrogen-bond donors (Lipinski definition) is 2. The fourth-order valence-electron chi connectivity index (χ4n) is 3.70. The van der Waals surface area contributed by atoms with Gasteiger partial charge in [0.05, 0.1) is 6.61 Å². The van der Waals surface area contributed by atoms with Gasteiger partial charge in [0.2, 0.25) is 0 Å². The monoisotopic (exact) mass is 471 g/mol. The second-order valence-electron chi connectivity index (χ2n) is 7.75. The number of carbonyl (C=O) groups is 2. The molecule has 34 heavy (non-hydrogen) atoms. The fourth-order valence-corrected chi connectivity index (χ4v) is 4.68. The summed E-state index contributed by atoms with van der Waals surface area (Å²) < 4.78 is 5.31. The molecule has 5 nitrogen and oxygen atoms in total. The van der Waals surface area contributed by atoms with Crippen molar-refractivity contribution < 1.29 is 19.6 Å². The quantitative estimate of drug-likeness (QED) is 0.339. The smallest absolute Gasteiger partial charge is 0.341 e. The molecule has 3 aromatic carbocycles. The number of anilines is 1. The van der Waals surface area contributed by atoms with Crippen molar-refractivity contribution in [2.75, 3.05) is 18.5 Å². The van der Waals surface area contributed by atoms with E-state index < -0.39 is 5.97 Å². The molecule has 4 aromatic rings. The van der Waals surface area contributed by atoms with Crippen molar-refractivity contribution in [1.82, 2.24) is 0 Å². The lowest BCUT2D eigenvalue weighted by Crippen LogP contribution is -2.84. The number of quaternary nitrogens is 1. The molecular formula is C28H27N2O3S+. The molecule has 0 aliphatic heterocycles. The normalized spacial score (nSPS) is 10.6. The van der Waals surface area contributed by atoms with Gasteiger partial charge in [-0.25, -0.2) is 4.79 Å². The van der Waals surface area contributed by atoms with Gasteiger partial charge in [0.1, 0.15) is 17.1 Å². The first kappa shape index (κ1) is 23.4. The Morgan fingerprint density at radius 3 is 2.15 bits per heavy atom. The number of amides is 1. The van der Waals surface area contributed by atoms with Crippen LogP contribution in [-0.4, -0.2) is 25.0 Å². The third-order valence-corrected chi connectivity index (χ3v) is 6.27. The lowest BCUT2D eigenvalue weighted by molar-refractivity contribution is -0.659. The van der Waals surface area contributed by atoms with Crippen LogP contribution < -0.4 is 10.6 Å². The zero-order valence-electron chi connectivity index (χ0n) is 19.0. The molecule has 0 aliphatic rings. The number of esters is 1. The van der Waals surface area contributed by atoms with E-state index in [0.29, 0.717) is 17.1 Å². The van der Waals surface area contributed by atoms with Crippen LogP contribution in [0.25, 0.3) is 22.3 Å². The highest BCUT2D eigenvalue weighted by Crippen LogP contribution is 2.37. The van der Waals surface area contributed by atoms with E-state index in [9.17, 15) is 9.59 Å². The molecule has 6 heteroatoms. The first-order chi connectivity index (χ1) is 16.7. The van der Waals surface area contributed by atoms with Gasteiger partial charge in [-0.3, -0.25) is 4.79 Å². The van der Waals surface area contributed by atoms with Crippen LogP contribution in [0.5, 0.6) is 0 Å². The minimum absolute atomic E-state index is 0.158. The van der Waals surface area contributed by atoms with Crippen LogP contribution in [0.3, 0.4) is 0 Å². The standard InChI is InChI=1S/C28H26N2O3S/c1-2-33-28(32)26-24(23-15-13-22(14-16-23)21-11-7-4-8-12-21)19-34-27(26)30-25(31)18-29-17-20-9-5-3-6-10-20/h3-16,19,29H,2,17-18H2,1H3,(H,30,31)/p+1. The van der Waals surface area contributed by atoms with Gasteiger partial charge in [0.25, 0.3) is 5.91 Å². The van der Waals surface area contributed by atoms with Crippen molar-refractivity contribution in [3.05, 3.63) is 101 Å². The molecule has 4 rings (SSSR count). The maximum Gasteiger partial charge on any atom is 0.341 e. The highest BCUT2D eigenvalue weighted by molar-refractivity contribution is 7.15. The third kappa shape index (κ3) is 5.78. The van der Waals surface area contributed by atoms with Crippen LogP contribution in [-0.2, 0) is 16.1 Å². The summed E-state index contributed by atoms with van der Waals surface area (Å²) in [6.07, 6.45) is 0. The maximum absolute atomic E-state index is 12.8. The molecule has 0 bridgehead atoms. The first-order valence-electron chi connectivity index (χ1n) is 11.3. The molecule has 0 radical (unpaired) electrons. The Kier molecular flexibility index (Phi) is 7.86. The molecule has 1 aromatic heterocycles. The summed E-state index contributed by atoms with van der Waals surface area (Å²) >= 11 is 1.34. The van der Waals surface area contributed by atoms with Crippen molar-refractivity contribution in [1.29, 1.82) is 0 Å². The van der Waals surface area contributed by atoms with Crippen molar-refractivity contribution in [3.63, 3.8) is 0 Å². The van der Waals surface area contributed by atoms with E-state index in [1.54, 1.807) is 6.92 Å². The highest BCUT2D eigenvalue weighted by atomic mass is 32.1. The van der Waals surface area contributed by atoms with Gasteiger partial charge in [0, 0.05) is 16.5 Å². The Balaban J connectivity index is 1.50. The van der Waals surface area contributed by atoms with Crippen LogP contribution in [0.1, 0.15) is 22.8 Å². The lowest BCUT2D eigenvalue weighted by Gasteiger charge is -2.09. The Bertz CT molecular complexity index is 1240. The molecule has 1 heterocycles. The van der Waals surface area contributed by atoms with Gasteiger partial charge < -0.3 is 15.4 Å². The Morgan fingerprint density at radius 1 is 0.853 bits per heavy atom. The maximum atomic E-state index is 12.8. The number of nitrogens with two attached hydrogens (primary N) is 1. The van der Waals surface area contributed by atoms with Crippen LogP contribution in [0, 0.1) is 0 Å². The molecule has 3 N–H and O–H groups in total. The van der Waals surface area contributed by atoms with Crippen molar-refractivity contribution in [2.24, 2.45) is 0 Å². The van der Waals surface area contributed by atoms with Crippen molar-refractivity contribution >= 4 is 28.2 Å². The minimum Gasteiger partial charge on any atom is -0.462 e. The number of ether oxygens (including phenoxy) is 1. The lowest BCUT2D eigenvalue weighted by atomic mass is 9.99. The van der Waals surface area contributed by atoms with E-state index >= 15 is 0 Å². The summed E-state index contributed by atoms with van der Waals surface area (Å²) in [6.45, 7) is 3.01. The molecular weight excluding hydrogens is 444 g/mol. The molecule has 0 spiro atoms. The second kappa shape index (κ2) is 11.4. The summed E-state index contributed by atoms with van der Waals surface area (Å²) in [5.74, 6) is -0.594. The van der Waals surface area contributed by atoms with Gasteiger partial charge in [-0.15, -0.1) is 11.3 Å². The van der Waals surface area contributed by atoms with E-state index in [1.807, 2.05) is 83.5 Å². The summed E-state index contributed by atoms with van der Waals surface area (Å²) in [5.41, 5.74) is 5.43. The molecule has 1 amide bonds. The predicted molar refractivity (Wildman–Crippen MR) is 137 cm³/mol. The number of carbonyl (C=O) groups excluding carboxylic acids is 2. The van der Waals surface area contributed by atoms with Gasteiger partial charge in [-0.1, -0.05) is 84.9 Å². The number of benzene rings is 3. The molecule has 0 aliphatic carbocycles. The largest absolute Gasteiger partial charge is 0.462 e. The second-order valence-corrected chi connectivity index (χ2v) is 8.63. The summed E-state index contributed by atoms with van der Waals surface area (Å²) in [4.78, 5) is 25.4. The molecule has 0 saturated heterocycles. The summed E-state index contributed by atoms with van der Waals surface area (Å²) in [7, 11) is 0. The molecule has 0 saturated carbocycles. The van der Waals surface area contributed by atoms with E-state index in [2.05, 4.69) is 17.4 Å². The van der Waals surface area contributed by atoms with E-state index in [1.165, 1.54) is 11.3 Å². The number of rotatable bonds is 9.